The summed E-state index contributed by atoms with van der Waals surface area (Å²) in [5.74, 6) is 0.410. The Labute approximate surface area is 99.9 Å². The Bertz CT molecular complexity index is 607. The van der Waals surface area contributed by atoms with E-state index in [-0.39, 0.29) is 17.8 Å². The van der Waals surface area contributed by atoms with Crippen LogP contribution >= 0.6 is 0 Å². The number of anilines is 1. The van der Waals surface area contributed by atoms with Gasteiger partial charge in [0, 0.05) is 18.3 Å². The molecule has 0 aliphatic heterocycles. The predicted molar refractivity (Wildman–Crippen MR) is 69.2 cm³/mol. The van der Waals surface area contributed by atoms with Crippen LogP contribution in [0.3, 0.4) is 0 Å². The summed E-state index contributed by atoms with van der Waals surface area (Å²) in [5, 5.41) is 0. The lowest BCUT2D eigenvalue weighted by Crippen LogP contribution is -2.26. The molecular formula is C12H18N4O. The molecule has 0 atom stereocenters. The van der Waals surface area contributed by atoms with Crippen molar-refractivity contribution in [3.05, 3.63) is 22.7 Å². The quantitative estimate of drug-likeness (QED) is 0.863. The zero-order chi connectivity index (χ0) is 12.7. The fraction of sp³-hybridized carbons (Fsp3) is 0.500. The number of fused-ring (bicyclic) bond motifs is 1. The maximum Gasteiger partial charge on any atom is 0.329 e. The molecule has 0 aromatic carbocycles. The standard InChI is InChI=1S/C12H18N4O/c1-7(2)15-9-5-6-14-11(13)10(9)16(8(3)4)12(15)17/h5-8H,1-4H3,(H2,13,14). The highest BCUT2D eigenvalue weighted by atomic mass is 16.1. The lowest BCUT2D eigenvalue weighted by Gasteiger charge is -2.07. The molecule has 5 nitrogen and oxygen atoms in total. The zero-order valence-electron chi connectivity index (χ0n) is 10.6. The monoisotopic (exact) mass is 234 g/mol. The van der Waals surface area contributed by atoms with E-state index in [1.54, 1.807) is 15.3 Å². The lowest BCUT2D eigenvalue weighted by atomic mass is 10.3. The summed E-state index contributed by atoms with van der Waals surface area (Å²) in [6.07, 6.45) is 1.64. The van der Waals surface area contributed by atoms with Crippen molar-refractivity contribution in [3.8, 4) is 0 Å². The Morgan fingerprint density at radius 2 is 1.76 bits per heavy atom. The number of hydrogen-bond donors (Lipinski definition) is 1. The number of aromatic nitrogens is 3. The fourth-order valence-electron chi connectivity index (χ4n) is 2.19. The van der Waals surface area contributed by atoms with Gasteiger partial charge in [-0.05, 0) is 33.8 Å². The SMILES string of the molecule is CC(C)n1c(=O)n(C(C)C)c2c(N)nccc21. The van der Waals surface area contributed by atoms with Gasteiger partial charge in [0.15, 0.2) is 0 Å². The molecule has 0 unspecified atom stereocenters. The first kappa shape index (κ1) is 11.7. The highest BCUT2D eigenvalue weighted by molar-refractivity contribution is 5.85. The Balaban J connectivity index is 2.99. The van der Waals surface area contributed by atoms with Crippen LogP contribution < -0.4 is 11.4 Å². The second kappa shape index (κ2) is 3.91. The van der Waals surface area contributed by atoms with E-state index in [0.717, 1.165) is 11.0 Å². The number of hydrogen-bond acceptors (Lipinski definition) is 3. The van der Waals surface area contributed by atoms with E-state index in [2.05, 4.69) is 4.98 Å². The number of pyridine rings is 1. The van der Waals surface area contributed by atoms with Crippen molar-refractivity contribution >= 4 is 16.9 Å². The van der Waals surface area contributed by atoms with Gasteiger partial charge in [0.25, 0.3) is 0 Å². The van der Waals surface area contributed by atoms with Crippen LogP contribution in [0.1, 0.15) is 39.8 Å². The molecule has 0 saturated heterocycles. The summed E-state index contributed by atoms with van der Waals surface area (Å²) in [6.45, 7) is 7.92. The van der Waals surface area contributed by atoms with Crippen molar-refractivity contribution in [2.24, 2.45) is 0 Å². The molecule has 0 fully saturated rings. The Hall–Kier alpha value is -1.78. The molecule has 0 spiro atoms. The Morgan fingerprint density at radius 3 is 2.29 bits per heavy atom. The molecule has 0 radical (unpaired) electrons. The van der Waals surface area contributed by atoms with E-state index in [0.29, 0.717) is 5.82 Å². The molecule has 0 aliphatic rings. The van der Waals surface area contributed by atoms with Crippen molar-refractivity contribution in [2.45, 2.75) is 39.8 Å². The van der Waals surface area contributed by atoms with E-state index in [4.69, 9.17) is 5.73 Å². The van der Waals surface area contributed by atoms with Gasteiger partial charge >= 0.3 is 5.69 Å². The summed E-state index contributed by atoms with van der Waals surface area (Å²) >= 11 is 0. The van der Waals surface area contributed by atoms with Gasteiger partial charge in [-0.2, -0.15) is 0 Å². The molecule has 2 heterocycles. The minimum Gasteiger partial charge on any atom is -0.382 e. The topological polar surface area (TPSA) is 65.8 Å². The average Bonchev–Trinajstić information content (AvgIpc) is 2.51. The first-order valence-electron chi connectivity index (χ1n) is 5.82. The highest BCUT2D eigenvalue weighted by Gasteiger charge is 2.19. The van der Waals surface area contributed by atoms with Gasteiger partial charge in [-0.3, -0.25) is 9.13 Å². The van der Waals surface area contributed by atoms with Crippen LogP contribution in [-0.4, -0.2) is 14.1 Å². The third-order valence-corrected chi connectivity index (χ3v) is 2.88. The zero-order valence-corrected chi connectivity index (χ0v) is 10.6. The Morgan fingerprint density at radius 1 is 1.18 bits per heavy atom. The summed E-state index contributed by atoms with van der Waals surface area (Å²) in [4.78, 5) is 16.4. The van der Waals surface area contributed by atoms with Gasteiger partial charge in [0.1, 0.15) is 11.3 Å². The minimum atomic E-state index is -0.0234. The van der Waals surface area contributed by atoms with Crippen LogP contribution in [0.4, 0.5) is 5.82 Å². The summed E-state index contributed by atoms with van der Waals surface area (Å²) in [6, 6.07) is 2.01. The van der Waals surface area contributed by atoms with Crippen molar-refractivity contribution in [1.82, 2.24) is 14.1 Å². The molecule has 0 bridgehead atoms. The smallest absolute Gasteiger partial charge is 0.329 e. The van der Waals surface area contributed by atoms with Crippen molar-refractivity contribution in [1.29, 1.82) is 0 Å². The molecule has 0 amide bonds. The molecule has 17 heavy (non-hydrogen) atoms. The number of nitrogens with zero attached hydrogens (tertiary/aromatic N) is 3. The van der Waals surface area contributed by atoms with Gasteiger partial charge in [-0.1, -0.05) is 0 Å². The van der Waals surface area contributed by atoms with Crippen LogP contribution in [0, 0.1) is 0 Å². The van der Waals surface area contributed by atoms with Crippen molar-refractivity contribution < 1.29 is 0 Å². The van der Waals surface area contributed by atoms with E-state index in [1.165, 1.54) is 0 Å². The van der Waals surface area contributed by atoms with Crippen LogP contribution in [0.2, 0.25) is 0 Å². The molecular weight excluding hydrogens is 216 g/mol. The maximum absolute atomic E-state index is 12.4. The molecule has 2 N–H and O–H groups in total. The largest absolute Gasteiger partial charge is 0.382 e. The molecule has 2 rings (SSSR count). The molecule has 0 saturated carbocycles. The number of imidazole rings is 1. The maximum atomic E-state index is 12.4. The van der Waals surface area contributed by atoms with Crippen molar-refractivity contribution in [2.75, 3.05) is 5.73 Å². The van der Waals surface area contributed by atoms with Gasteiger partial charge in [-0.25, -0.2) is 9.78 Å². The highest BCUT2D eigenvalue weighted by Crippen LogP contribution is 2.23. The van der Waals surface area contributed by atoms with Gasteiger partial charge in [0.05, 0.1) is 5.52 Å². The molecule has 0 aliphatic carbocycles. The summed E-state index contributed by atoms with van der Waals surface area (Å²) < 4.78 is 3.46. The van der Waals surface area contributed by atoms with E-state index >= 15 is 0 Å². The second-order valence-electron chi connectivity index (χ2n) is 4.77. The molecule has 92 valence electrons. The molecule has 2 aromatic heterocycles. The first-order chi connectivity index (χ1) is 7.95. The van der Waals surface area contributed by atoms with E-state index < -0.39 is 0 Å². The third kappa shape index (κ3) is 1.62. The molecule has 5 heteroatoms. The minimum absolute atomic E-state index is 0.0234. The fourth-order valence-corrected chi connectivity index (χ4v) is 2.19. The number of nitrogens with two attached hydrogens (primary N) is 1. The Kier molecular flexibility index (Phi) is 2.69. The lowest BCUT2D eigenvalue weighted by molar-refractivity contribution is 0.533. The van der Waals surface area contributed by atoms with Gasteiger partial charge in [-0.15, -0.1) is 0 Å². The van der Waals surface area contributed by atoms with Crippen LogP contribution in [0.15, 0.2) is 17.1 Å². The third-order valence-electron chi connectivity index (χ3n) is 2.88. The summed E-state index contributed by atoms with van der Waals surface area (Å²) in [7, 11) is 0. The first-order valence-corrected chi connectivity index (χ1v) is 5.82. The van der Waals surface area contributed by atoms with Crippen molar-refractivity contribution in [3.63, 3.8) is 0 Å². The van der Waals surface area contributed by atoms with Crippen LogP contribution in [0.5, 0.6) is 0 Å². The van der Waals surface area contributed by atoms with Gasteiger partial charge in [0.2, 0.25) is 0 Å². The second-order valence-corrected chi connectivity index (χ2v) is 4.77. The van der Waals surface area contributed by atoms with Gasteiger partial charge < -0.3 is 5.73 Å². The predicted octanol–water partition coefficient (Wildman–Crippen LogP) is 1.94. The normalized spacial score (nSPS) is 11.9. The summed E-state index contributed by atoms with van der Waals surface area (Å²) in [5.41, 5.74) is 7.46. The van der Waals surface area contributed by atoms with Crippen LogP contribution in [0.25, 0.3) is 11.0 Å². The average molecular weight is 234 g/mol. The van der Waals surface area contributed by atoms with Crippen LogP contribution in [-0.2, 0) is 0 Å². The number of nitrogen functional groups attached to an aromatic ring is 1. The van der Waals surface area contributed by atoms with E-state index in [9.17, 15) is 4.79 Å². The molecule has 2 aromatic rings. The number of rotatable bonds is 2. The van der Waals surface area contributed by atoms with E-state index in [1.807, 2.05) is 33.8 Å².